The largest absolute Gasteiger partial charge is 0.488 e. The maximum Gasteiger partial charge on any atom is 0.125 e. The van der Waals surface area contributed by atoms with Gasteiger partial charge >= 0.3 is 0 Å². The van der Waals surface area contributed by atoms with Crippen molar-refractivity contribution in [3.05, 3.63) is 41.5 Å². The SMILES string of the molecule is C=CCc1cc(C)c(OC(C)CO)c(C)c1. The van der Waals surface area contributed by atoms with Crippen molar-refractivity contribution in [1.29, 1.82) is 0 Å². The minimum absolute atomic E-state index is 0.0350. The maximum atomic E-state index is 8.98. The van der Waals surface area contributed by atoms with Crippen molar-refractivity contribution < 1.29 is 9.84 Å². The van der Waals surface area contributed by atoms with Crippen LogP contribution in [0.15, 0.2) is 24.8 Å². The number of allylic oxidation sites excluding steroid dienone is 1. The van der Waals surface area contributed by atoms with Gasteiger partial charge in [0.2, 0.25) is 0 Å². The van der Waals surface area contributed by atoms with E-state index in [4.69, 9.17) is 9.84 Å². The summed E-state index contributed by atoms with van der Waals surface area (Å²) in [6.45, 7) is 9.68. The highest BCUT2D eigenvalue weighted by molar-refractivity contribution is 5.43. The lowest BCUT2D eigenvalue weighted by atomic mass is 10.0. The number of aliphatic hydroxyl groups excluding tert-OH is 1. The summed E-state index contributed by atoms with van der Waals surface area (Å²) in [4.78, 5) is 0. The van der Waals surface area contributed by atoms with E-state index < -0.39 is 0 Å². The molecule has 0 aromatic heterocycles. The van der Waals surface area contributed by atoms with Gasteiger partial charge in [0.05, 0.1) is 6.61 Å². The second-order valence-corrected chi connectivity index (χ2v) is 4.16. The quantitative estimate of drug-likeness (QED) is 0.773. The minimum Gasteiger partial charge on any atom is -0.488 e. The van der Waals surface area contributed by atoms with Crippen LogP contribution >= 0.6 is 0 Å². The molecule has 1 atom stereocenters. The Bertz CT molecular complexity index is 346. The molecule has 0 bridgehead atoms. The van der Waals surface area contributed by atoms with Crippen LogP contribution in [0.3, 0.4) is 0 Å². The van der Waals surface area contributed by atoms with Gasteiger partial charge in [-0.05, 0) is 43.9 Å². The van der Waals surface area contributed by atoms with Crippen molar-refractivity contribution >= 4 is 0 Å². The molecule has 0 saturated heterocycles. The number of hydrogen-bond donors (Lipinski definition) is 1. The second kappa shape index (κ2) is 5.71. The minimum atomic E-state index is -0.164. The molecule has 0 amide bonds. The van der Waals surface area contributed by atoms with E-state index in [2.05, 4.69) is 18.7 Å². The average Bonchev–Trinajstić information content (AvgIpc) is 2.23. The Balaban J connectivity index is 2.97. The molecule has 0 aliphatic heterocycles. The summed E-state index contributed by atoms with van der Waals surface area (Å²) < 4.78 is 5.68. The first-order chi connectivity index (χ1) is 7.58. The fraction of sp³-hybridized carbons (Fsp3) is 0.429. The first-order valence-corrected chi connectivity index (χ1v) is 5.57. The van der Waals surface area contributed by atoms with Gasteiger partial charge in [0.15, 0.2) is 0 Å². The van der Waals surface area contributed by atoms with Crippen molar-refractivity contribution in [3.8, 4) is 5.75 Å². The first-order valence-electron chi connectivity index (χ1n) is 5.57. The number of aryl methyl sites for hydroxylation is 2. The van der Waals surface area contributed by atoms with Crippen LogP contribution in [0.5, 0.6) is 5.75 Å². The van der Waals surface area contributed by atoms with E-state index in [1.807, 2.05) is 26.8 Å². The van der Waals surface area contributed by atoms with Crippen LogP contribution in [0, 0.1) is 13.8 Å². The summed E-state index contributed by atoms with van der Waals surface area (Å²) in [7, 11) is 0. The molecule has 1 aromatic rings. The second-order valence-electron chi connectivity index (χ2n) is 4.16. The van der Waals surface area contributed by atoms with Gasteiger partial charge < -0.3 is 9.84 Å². The van der Waals surface area contributed by atoms with Crippen LogP contribution in [0.4, 0.5) is 0 Å². The molecule has 16 heavy (non-hydrogen) atoms. The van der Waals surface area contributed by atoms with Gasteiger partial charge in [-0.1, -0.05) is 18.2 Å². The molecule has 1 rings (SSSR count). The van der Waals surface area contributed by atoms with Crippen LogP contribution in [-0.4, -0.2) is 17.8 Å². The fourth-order valence-corrected chi connectivity index (χ4v) is 1.75. The van der Waals surface area contributed by atoms with Crippen molar-refractivity contribution in [2.75, 3.05) is 6.61 Å². The lowest BCUT2D eigenvalue weighted by molar-refractivity contribution is 0.128. The smallest absolute Gasteiger partial charge is 0.125 e. The van der Waals surface area contributed by atoms with Gasteiger partial charge in [-0.2, -0.15) is 0 Å². The Morgan fingerprint density at radius 3 is 2.38 bits per heavy atom. The zero-order valence-corrected chi connectivity index (χ0v) is 10.3. The van der Waals surface area contributed by atoms with Gasteiger partial charge in [-0.25, -0.2) is 0 Å². The number of aliphatic hydroxyl groups is 1. The van der Waals surface area contributed by atoms with Crippen molar-refractivity contribution in [2.45, 2.75) is 33.3 Å². The fourth-order valence-electron chi connectivity index (χ4n) is 1.75. The van der Waals surface area contributed by atoms with Gasteiger partial charge in [-0.3, -0.25) is 0 Å². The van der Waals surface area contributed by atoms with Crippen molar-refractivity contribution in [3.63, 3.8) is 0 Å². The summed E-state index contributed by atoms with van der Waals surface area (Å²) in [6, 6.07) is 4.21. The van der Waals surface area contributed by atoms with Crippen molar-refractivity contribution in [2.24, 2.45) is 0 Å². The molecule has 0 fully saturated rings. The van der Waals surface area contributed by atoms with Crippen LogP contribution in [-0.2, 0) is 6.42 Å². The molecule has 1 unspecified atom stereocenters. The third-order valence-corrected chi connectivity index (χ3v) is 2.48. The molecule has 88 valence electrons. The van der Waals surface area contributed by atoms with E-state index in [0.717, 1.165) is 23.3 Å². The maximum absolute atomic E-state index is 8.98. The molecule has 2 nitrogen and oxygen atoms in total. The van der Waals surface area contributed by atoms with Crippen LogP contribution in [0.2, 0.25) is 0 Å². The zero-order valence-electron chi connectivity index (χ0n) is 10.3. The van der Waals surface area contributed by atoms with Gasteiger partial charge in [-0.15, -0.1) is 6.58 Å². The van der Waals surface area contributed by atoms with E-state index in [9.17, 15) is 0 Å². The topological polar surface area (TPSA) is 29.5 Å². The highest BCUT2D eigenvalue weighted by atomic mass is 16.5. The number of benzene rings is 1. The Morgan fingerprint density at radius 2 is 1.94 bits per heavy atom. The Morgan fingerprint density at radius 1 is 1.38 bits per heavy atom. The average molecular weight is 220 g/mol. The molecule has 0 heterocycles. The number of hydrogen-bond acceptors (Lipinski definition) is 2. The number of rotatable bonds is 5. The van der Waals surface area contributed by atoms with E-state index in [1.54, 1.807) is 0 Å². The highest BCUT2D eigenvalue weighted by Crippen LogP contribution is 2.26. The molecule has 0 radical (unpaired) electrons. The molecule has 1 N–H and O–H groups in total. The lowest BCUT2D eigenvalue weighted by Crippen LogP contribution is -2.17. The zero-order chi connectivity index (χ0) is 12.1. The lowest BCUT2D eigenvalue weighted by Gasteiger charge is -2.17. The Hall–Kier alpha value is -1.28. The van der Waals surface area contributed by atoms with Crippen LogP contribution in [0.1, 0.15) is 23.6 Å². The third-order valence-electron chi connectivity index (χ3n) is 2.48. The Kier molecular flexibility index (Phi) is 4.56. The van der Waals surface area contributed by atoms with E-state index in [1.165, 1.54) is 5.56 Å². The van der Waals surface area contributed by atoms with Gasteiger partial charge in [0.25, 0.3) is 0 Å². The van der Waals surface area contributed by atoms with Crippen LogP contribution in [0.25, 0.3) is 0 Å². The summed E-state index contributed by atoms with van der Waals surface area (Å²) in [5, 5.41) is 8.98. The summed E-state index contributed by atoms with van der Waals surface area (Å²) in [5.74, 6) is 0.884. The van der Waals surface area contributed by atoms with E-state index in [-0.39, 0.29) is 12.7 Å². The normalized spacial score (nSPS) is 12.2. The molecule has 2 heteroatoms. The summed E-state index contributed by atoms with van der Waals surface area (Å²) in [5.41, 5.74) is 3.46. The Labute approximate surface area is 97.6 Å². The molecule has 0 spiro atoms. The van der Waals surface area contributed by atoms with E-state index >= 15 is 0 Å². The van der Waals surface area contributed by atoms with Gasteiger partial charge in [0.1, 0.15) is 11.9 Å². The molecular formula is C14H20O2. The number of ether oxygens (including phenoxy) is 1. The highest BCUT2D eigenvalue weighted by Gasteiger charge is 2.09. The third kappa shape index (κ3) is 3.11. The van der Waals surface area contributed by atoms with Crippen molar-refractivity contribution in [1.82, 2.24) is 0 Å². The molecule has 1 aromatic carbocycles. The van der Waals surface area contributed by atoms with Crippen LogP contribution < -0.4 is 4.74 Å². The molecule has 0 aliphatic rings. The van der Waals surface area contributed by atoms with Gasteiger partial charge in [0, 0.05) is 0 Å². The monoisotopic (exact) mass is 220 g/mol. The first kappa shape index (κ1) is 12.8. The molecular weight excluding hydrogens is 200 g/mol. The summed E-state index contributed by atoms with van der Waals surface area (Å²) >= 11 is 0. The predicted octanol–water partition coefficient (Wildman–Crippen LogP) is 2.79. The predicted molar refractivity (Wildman–Crippen MR) is 67.0 cm³/mol. The summed E-state index contributed by atoms with van der Waals surface area (Å²) in [6.07, 6.45) is 2.60. The molecule has 0 aliphatic carbocycles. The van der Waals surface area contributed by atoms with E-state index in [0.29, 0.717) is 0 Å². The standard InChI is InChI=1S/C14H20O2/c1-5-6-13-7-10(2)14(11(3)8-13)16-12(4)9-15/h5,7-8,12,15H,1,6,9H2,2-4H3. The molecule has 0 saturated carbocycles.